The van der Waals surface area contributed by atoms with E-state index in [1.807, 2.05) is 26.0 Å². The van der Waals surface area contributed by atoms with Crippen molar-refractivity contribution in [2.24, 2.45) is 5.73 Å². The quantitative estimate of drug-likeness (QED) is 0.845. The second kappa shape index (κ2) is 6.99. The zero-order valence-corrected chi connectivity index (χ0v) is 12.0. The molecule has 0 bridgehead atoms. The molecule has 1 aromatic carbocycles. The fraction of sp³-hybridized carbons (Fsp3) is 0.500. The molecule has 1 amide bonds. The van der Waals surface area contributed by atoms with Crippen molar-refractivity contribution in [3.05, 3.63) is 23.8 Å². The number of amides is 1. The van der Waals surface area contributed by atoms with Crippen LogP contribution in [0.2, 0.25) is 0 Å². The maximum absolute atomic E-state index is 11.8. The minimum Gasteiger partial charge on any atom is -0.497 e. The largest absolute Gasteiger partial charge is 0.497 e. The number of benzene rings is 1. The number of hydrogen-bond acceptors (Lipinski definition) is 4. The summed E-state index contributed by atoms with van der Waals surface area (Å²) in [5.74, 6) is 1.35. The Bertz CT molecular complexity index is 433. The highest BCUT2D eigenvalue weighted by Gasteiger charge is 2.17. The van der Waals surface area contributed by atoms with Crippen molar-refractivity contribution in [1.82, 2.24) is 4.90 Å². The van der Waals surface area contributed by atoms with Gasteiger partial charge in [-0.15, -0.1) is 0 Å². The first kappa shape index (κ1) is 15.3. The molecule has 0 spiro atoms. The number of rotatable bonds is 6. The molecule has 0 aliphatic rings. The molecular weight excluding hydrogens is 244 g/mol. The summed E-state index contributed by atoms with van der Waals surface area (Å²) in [6, 6.07) is 5.64. The van der Waals surface area contributed by atoms with Crippen LogP contribution in [0.5, 0.6) is 11.5 Å². The Morgan fingerprint density at radius 3 is 2.47 bits per heavy atom. The molecule has 19 heavy (non-hydrogen) atoms. The van der Waals surface area contributed by atoms with Crippen LogP contribution >= 0.6 is 0 Å². The van der Waals surface area contributed by atoms with Crippen LogP contribution in [0.15, 0.2) is 18.2 Å². The second-order valence-electron chi connectivity index (χ2n) is 4.50. The van der Waals surface area contributed by atoms with Crippen LogP contribution in [0, 0.1) is 0 Å². The molecule has 0 radical (unpaired) electrons. The summed E-state index contributed by atoms with van der Waals surface area (Å²) >= 11 is 0. The van der Waals surface area contributed by atoms with E-state index in [1.165, 1.54) is 0 Å². The lowest BCUT2D eigenvalue weighted by atomic mass is 10.1. The Hall–Kier alpha value is -1.75. The fourth-order valence-electron chi connectivity index (χ4n) is 1.84. The van der Waals surface area contributed by atoms with Crippen molar-refractivity contribution < 1.29 is 14.3 Å². The van der Waals surface area contributed by atoms with Gasteiger partial charge in [-0.2, -0.15) is 0 Å². The van der Waals surface area contributed by atoms with Gasteiger partial charge < -0.3 is 20.1 Å². The standard InChI is InChI=1S/C14H22N2O3/c1-10(2)16(14(17)8-15)9-11-5-6-12(18-3)7-13(11)19-4/h5-7,10H,8-9,15H2,1-4H3. The van der Waals surface area contributed by atoms with Gasteiger partial charge in [0.1, 0.15) is 11.5 Å². The van der Waals surface area contributed by atoms with E-state index in [2.05, 4.69) is 0 Å². The van der Waals surface area contributed by atoms with Crippen molar-refractivity contribution in [3.63, 3.8) is 0 Å². The van der Waals surface area contributed by atoms with E-state index in [9.17, 15) is 4.79 Å². The monoisotopic (exact) mass is 266 g/mol. The van der Waals surface area contributed by atoms with Gasteiger partial charge in [0.15, 0.2) is 0 Å². The molecule has 0 heterocycles. The lowest BCUT2D eigenvalue weighted by Gasteiger charge is -2.27. The zero-order valence-electron chi connectivity index (χ0n) is 12.0. The number of carbonyl (C=O) groups is 1. The average Bonchev–Trinajstić information content (AvgIpc) is 2.43. The summed E-state index contributed by atoms with van der Waals surface area (Å²) in [6.45, 7) is 4.41. The fourth-order valence-corrected chi connectivity index (χ4v) is 1.84. The Balaban J connectivity index is 2.99. The Kier molecular flexibility index (Phi) is 5.63. The maximum atomic E-state index is 11.8. The molecule has 1 rings (SSSR count). The van der Waals surface area contributed by atoms with Gasteiger partial charge in [0, 0.05) is 24.2 Å². The number of carbonyl (C=O) groups excluding carboxylic acids is 1. The van der Waals surface area contributed by atoms with Gasteiger partial charge in [0.05, 0.1) is 20.8 Å². The summed E-state index contributed by atoms with van der Waals surface area (Å²) in [5.41, 5.74) is 6.37. The molecule has 1 aromatic rings. The number of nitrogens with two attached hydrogens (primary N) is 1. The summed E-state index contributed by atoms with van der Waals surface area (Å²) < 4.78 is 10.5. The lowest BCUT2D eigenvalue weighted by Crippen LogP contribution is -2.40. The van der Waals surface area contributed by atoms with E-state index in [0.29, 0.717) is 12.3 Å². The van der Waals surface area contributed by atoms with Gasteiger partial charge in [-0.3, -0.25) is 4.79 Å². The predicted molar refractivity (Wildman–Crippen MR) is 74.3 cm³/mol. The molecule has 106 valence electrons. The molecule has 0 unspecified atom stereocenters. The third-order valence-corrected chi connectivity index (χ3v) is 2.95. The van der Waals surface area contributed by atoms with Crippen molar-refractivity contribution in [2.45, 2.75) is 26.4 Å². The Morgan fingerprint density at radius 2 is 2.00 bits per heavy atom. The van der Waals surface area contributed by atoms with Gasteiger partial charge in [-0.05, 0) is 26.0 Å². The van der Waals surface area contributed by atoms with Crippen molar-refractivity contribution in [1.29, 1.82) is 0 Å². The van der Waals surface area contributed by atoms with Crippen LogP contribution in [-0.2, 0) is 11.3 Å². The molecule has 0 aliphatic carbocycles. The van der Waals surface area contributed by atoms with Crippen LogP contribution in [0.25, 0.3) is 0 Å². The molecule has 0 saturated carbocycles. The number of hydrogen-bond donors (Lipinski definition) is 1. The molecule has 0 aromatic heterocycles. The molecule has 0 aliphatic heterocycles. The third-order valence-electron chi connectivity index (χ3n) is 2.95. The van der Waals surface area contributed by atoms with E-state index < -0.39 is 0 Å². The highest BCUT2D eigenvalue weighted by molar-refractivity contribution is 5.78. The highest BCUT2D eigenvalue weighted by atomic mass is 16.5. The second-order valence-corrected chi connectivity index (χ2v) is 4.50. The summed E-state index contributed by atoms with van der Waals surface area (Å²) in [6.07, 6.45) is 0. The molecule has 5 nitrogen and oxygen atoms in total. The van der Waals surface area contributed by atoms with E-state index >= 15 is 0 Å². The molecule has 5 heteroatoms. The smallest absolute Gasteiger partial charge is 0.236 e. The SMILES string of the molecule is COc1ccc(CN(C(=O)CN)C(C)C)c(OC)c1. The van der Waals surface area contributed by atoms with E-state index in [-0.39, 0.29) is 18.5 Å². The first-order chi connectivity index (χ1) is 9.03. The van der Waals surface area contributed by atoms with Crippen molar-refractivity contribution in [3.8, 4) is 11.5 Å². The van der Waals surface area contributed by atoms with E-state index in [1.54, 1.807) is 25.2 Å². The first-order valence-corrected chi connectivity index (χ1v) is 6.23. The van der Waals surface area contributed by atoms with Gasteiger partial charge in [-0.25, -0.2) is 0 Å². The molecule has 0 atom stereocenters. The summed E-state index contributed by atoms with van der Waals surface area (Å²) in [7, 11) is 3.20. The van der Waals surface area contributed by atoms with Crippen LogP contribution in [0.1, 0.15) is 19.4 Å². The van der Waals surface area contributed by atoms with Gasteiger partial charge in [-0.1, -0.05) is 0 Å². The number of methoxy groups -OCH3 is 2. The highest BCUT2D eigenvalue weighted by Crippen LogP contribution is 2.26. The Morgan fingerprint density at radius 1 is 1.32 bits per heavy atom. The van der Waals surface area contributed by atoms with Gasteiger partial charge in [0.2, 0.25) is 5.91 Å². The van der Waals surface area contributed by atoms with Crippen LogP contribution < -0.4 is 15.2 Å². The number of ether oxygens (including phenoxy) is 2. The topological polar surface area (TPSA) is 64.8 Å². The van der Waals surface area contributed by atoms with Gasteiger partial charge in [0.25, 0.3) is 0 Å². The van der Waals surface area contributed by atoms with Crippen LogP contribution in [-0.4, -0.2) is 37.6 Å². The minimum absolute atomic E-state index is 0.0106. The third kappa shape index (κ3) is 3.86. The van der Waals surface area contributed by atoms with Crippen molar-refractivity contribution >= 4 is 5.91 Å². The predicted octanol–water partition coefficient (Wildman–Crippen LogP) is 1.40. The van der Waals surface area contributed by atoms with Crippen LogP contribution in [0.3, 0.4) is 0 Å². The van der Waals surface area contributed by atoms with E-state index in [0.717, 1.165) is 11.3 Å². The van der Waals surface area contributed by atoms with Crippen molar-refractivity contribution in [2.75, 3.05) is 20.8 Å². The zero-order chi connectivity index (χ0) is 14.4. The first-order valence-electron chi connectivity index (χ1n) is 6.23. The Labute approximate surface area is 114 Å². The summed E-state index contributed by atoms with van der Waals surface area (Å²) in [5, 5.41) is 0. The molecule has 0 saturated heterocycles. The van der Waals surface area contributed by atoms with Gasteiger partial charge >= 0.3 is 0 Å². The lowest BCUT2D eigenvalue weighted by molar-refractivity contribution is -0.132. The maximum Gasteiger partial charge on any atom is 0.236 e. The molecular formula is C14H22N2O3. The van der Waals surface area contributed by atoms with Crippen LogP contribution in [0.4, 0.5) is 0 Å². The molecule has 2 N–H and O–H groups in total. The average molecular weight is 266 g/mol. The summed E-state index contributed by atoms with van der Waals surface area (Å²) in [4.78, 5) is 13.5. The minimum atomic E-state index is -0.0760. The molecule has 0 fully saturated rings. The van der Waals surface area contributed by atoms with E-state index in [4.69, 9.17) is 15.2 Å². The normalized spacial score (nSPS) is 10.4. The number of nitrogens with zero attached hydrogens (tertiary/aromatic N) is 1.